The molecule has 96 heavy (non-hydrogen) atoms. The van der Waals surface area contributed by atoms with E-state index < -0.39 is 0 Å². The summed E-state index contributed by atoms with van der Waals surface area (Å²) in [6.45, 7) is 7.81. The molecule has 0 atom stereocenters. The quantitative estimate of drug-likeness (QED) is 0.112. The summed E-state index contributed by atoms with van der Waals surface area (Å²) in [5.74, 6) is 3.34. The molecule has 0 saturated heterocycles. The maximum absolute atomic E-state index is 9.94. The van der Waals surface area contributed by atoms with Crippen LogP contribution in [0.3, 0.4) is 0 Å². The van der Waals surface area contributed by atoms with E-state index in [4.69, 9.17) is 36.5 Å². The van der Waals surface area contributed by atoms with Crippen LogP contribution in [-0.4, -0.2) is 39.0 Å². The van der Waals surface area contributed by atoms with Gasteiger partial charge in [-0.2, -0.15) is 5.26 Å². The first-order chi connectivity index (χ1) is 47.5. The van der Waals surface area contributed by atoms with Gasteiger partial charge in [-0.1, -0.05) is 218 Å². The number of aromatic nitrogens is 8. The maximum atomic E-state index is 9.94. The van der Waals surface area contributed by atoms with Crippen LogP contribution in [0.2, 0.25) is 0 Å². The maximum Gasteiger partial charge on any atom is 0.187 e. The molecule has 0 aliphatic heterocycles. The Kier molecular flexibility index (Phi) is 14.1. The topological polar surface area (TPSA) is 115 Å². The van der Waals surface area contributed by atoms with Crippen LogP contribution in [0.1, 0.15) is 5.56 Å². The Labute approximate surface area is 553 Å². The highest BCUT2D eigenvalue weighted by Gasteiger charge is 2.24. The molecule has 0 amide bonds. The summed E-state index contributed by atoms with van der Waals surface area (Å²) in [7, 11) is 0. The lowest BCUT2D eigenvalue weighted by Gasteiger charge is -2.19. The molecule has 0 N–H and O–H groups in total. The summed E-state index contributed by atoms with van der Waals surface area (Å²) in [5.41, 5.74) is 20.1. The SMILES string of the molecule is [C-]#[N+]c1cccc(-c2ccc3c(c2)c2ccccc2n3-c2ccc(-c3nc(-c4ccccc4)nc(-c4ccccc4)n3)cc2-c2cccc(-c3cc(-c4nc(-c5ccccc5)nc(-c5ccccc5)n4)ccc3-n3c4ccccc4c4cc(-c5cccc(C#N)c5)ccc43)c2)c1. The lowest BCUT2D eigenvalue weighted by molar-refractivity contribution is 1.07. The lowest BCUT2D eigenvalue weighted by Crippen LogP contribution is -2.02. The van der Waals surface area contributed by atoms with E-state index in [1.54, 1.807) is 0 Å². The zero-order chi connectivity index (χ0) is 64.1. The summed E-state index contributed by atoms with van der Waals surface area (Å²) >= 11 is 0. The third-order valence-electron chi connectivity index (χ3n) is 17.9. The smallest absolute Gasteiger partial charge is 0.187 e. The lowest BCUT2D eigenvalue weighted by atomic mass is 9.94. The van der Waals surface area contributed by atoms with Crippen molar-refractivity contribution in [3.05, 3.63) is 332 Å². The molecule has 4 heterocycles. The Hall–Kier alpha value is -13.5. The first-order valence-corrected chi connectivity index (χ1v) is 31.7. The third kappa shape index (κ3) is 10.3. The van der Waals surface area contributed by atoms with Crippen LogP contribution in [0.15, 0.2) is 315 Å². The fourth-order valence-corrected chi connectivity index (χ4v) is 13.3. The molecule has 0 unspecified atom stereocenters. The number of nitrogens with zero attached hydrogens (tertiary/aromatic N) is 10. The number of nitriles is 1. The van der Waals surface area contributed by atoms with E-state index >= 15 is 0 Å². The van der Waals surface area contributed by atoms with E-state index in [-0.39, 0.29) is 0 Å². The van der Waals surface area contributed by atoms with Crippen molar-refractivity contribution in [2.75, 3.05) is 0 Å². The van der Waals surface area contributed by atoms with Crippen molar-refractivity contribution in [1.82, 2.24) is 39.0 Å². The molecular weight excluding hydrogens is 1170 g/mol. The molecular formula is C86H52N10. The van der Waals surface area contributed by atoms with Crippen molar-refractivity contribution in [1.29, 1.82) is 5.26 Å². The molecule has 10 heteroatoms. The van der Waals surface area contributed by atoms with Crippen molar-refractivity contribution in [3.8, 4) is 130 Å². The van der Waals surface area contributed by atoms with Gasteiger partial charge in [-0.05, 0) is 130 Å². The van der Waals surface area contributed by atoms with Crippen LogP contribution >= 0.6 is 0 Å². The molecule has 0 fully saturated rings. The summed E-state index contributed by atoms with van der Waals surface area (Å²) in [6.07, 6.45) is 0. The van der Waals surface area contributed by atoms with E-state index in [1.165, 1.54) is 0 Å². The minimum absolute atomic E-state index is 0.531. The van der Waals surface area contributed by atoms with Crippen LogP contribution in [-0.2, 0) is 0 Å². The molecule has 13 aromatic carbocycles. The van der Waals surface area contributed by atoms with Crippen molar-refractivity contribution < 1.29 is 0 Å². The molecule has 446 valence electrons. The number of fused-ring (bicyclic) bond motifs is 6. The summed E-state index contributed by atoms with van der Waals surface area (Å²) in [4.78, 5) is 35.0. The van der Waals surface area contributed by atoms with Gasteiger partial charge in [0.25, 0.3) is 0 Å². The van der Waals surface area contributed by atoms with E-state index in [9.17, 15) is 5.26 Å². The predicted octanol–water partition coefficient (Wildman–Crippen LogP) is 21.3. The molecule has 17 aromatic rings. The van der Waals surface area contributed by atoms with Gasteiger partial charge in [-0.25, -0.2) is 34.7 Å². The average molecular weight is 1230 g/mol. The minimum atomic E-state index is 0.531. The van der Waals surface area contributed by atoms with Crippen molar-refractivity contribution in [3.63, 3.8) is 0 Å². The standard InChI is InChI=1S/C86H52N10/c1-88-68-34-20-31-61(49-68)63-40-44-80-74(51-63)70-36-15-17-38-76(70)96(80)78-46-42-67(86-93-83(58-26-10-4-11-27-58)90-84(94-86)59-28-12-5-13-29-59)53-72(78)65-33-19-32-64(48-65)71-52-66(85-91-81(56-22-6-2-7-23-56)89-82(92-85)57-24-8-3-9-25-57)41-45-77(71)95-75-37-16-14-35-69(75)73-50-62(39-43-79(73)95)60-30-18-21-55(47-60)54-87/h2-53H. The minimum Gasteiger partial charge on any atom is -0.309 e. The van der Waals surface area contributed by atoms with E-state index in [2.05, 4.69) is 178 Å². The van der Waals surface area contributed by atoms with Crippen LogP contribution in [0.5, 0.6) is 0 Å². The normalized spacial score (nSPS) is 11.3. The zero-order valence-electron chi connectivity index (χ0n) is 51.5. The first-order valence-electron chi connectivity index (χ1n) is 31.7. The van der Waals surface area contributed by atoms with Crippen molar-refractivity contribution in [2.45, 2.75) is 0 Å². The van der Waals surface area contributed by atoms with Crippen LogP contribution < -0.4 is 0 Å². The van der Waals surface area contributed by atoms with E-state index in [0.29, 0.717) is 46.2 Å². The molecule has 0 aliphatic rings. The second-order valence-corrected chi connectivity index (χ2v) is 23.6. The fourth-order valence-electron chi connectivity index (χ4n) is 13.3. The number of hydrogen-bond acceptors (Lipinski definition) is 7. The Bertz CT molecular complexity index is 5500. The Morgan fingerprint density at radius 3 is 1.02 bits per heavy atom. The van der Waals surface area contributed by atoms with Crippen LogP contribution in [0.4, 0.5) is 5.69 Å². The molecule has 10 nitrogen and oxygen atoms in total. The van der Waals surface area contributed by atoms with Crippen LogP contribution in [0, 0.1) is 17.9 Å². The van der Waals surface area contributed by atoms with Gasteiger partial charge >= 0.3 is 0 Å². The van der Waals surface area contributed by atoms with Crippen molar-refractivity contribution >= 4 is 49.3 Å². The highest BCUT2D eigenvalue weighted by molar-refractivity contribution is 6.12. The molecule has 0 saturated carbocycles. The molecule has 0 bridgehead atoms. The van der Waals surface area contributed by atoms with Gasteiger partial charge in [-0.3, -0.25) is 0 Å². The van der Waals surface area contributed by atoms with Gasteiger partial charge in [0.1, 0.15) is 0 Å². The third-order valence-corrected chi connectivity index (χ3v) is 17.9. The van der Waals surface area contributed by atoms with Gasteiger partial charge in [0.15, 0.2) is 40.6 Å². The molecule has 0 aliphatic carbocycles. The van der Waals surface area contributed by atoms with Gasteiger partial charge in [0.2, 0.25) is 0 Å². The second kappa shape index (κ2) is 23.9. The summed E-state index contributed by atoms with van der Waals surface area (Å²) in [6, 6.07) is 111. The van der Waals surface area contributed by atoms with Crippen molar-refractivity contribution in [2.24, 2.45) is 0 Å². The number of para-hydroxylation sites is 2. The fraction of sp³-hybridized carbons (Fsp3) is 0. The van der Waals surface area contributed by atoms with Gasteiger partial charge < -0.3 is 9.13 Å². The Morgan fingerprint density at radius 2 is 0.594 bits per heavy atom. The van der Waals surface area contributed by atoms with Gasteiger partial charge in [0, 0.05) is 66.1 Å². The summed E-state index contributed by atoms with van der Waals surface area (Å²) in [5, 5.41) is 14.3. The molecule has 0 radical (unpaired) electrons. The highest BCUT2D eigenvalue weighted by atomic mass is 15.0. The molecule has 17 rings (SSSR count). The monoisotopic (exact) mass is 1220 g/mol. The highest BCUT2D eigenvalue weighted by Crippen LogP contribution is 2.44. The Morgan fingerprint density at radius 1 is 0.260 bits per heavy atom. The van der Waals surface area contributed by atoms with Gasteiger partial charge in [0.05, 0.1) is 51.6 Å². The number of rotatable bonds is 12. The Balaban J connectivity index is 0.916. The molecule has 0 spiro atoms. The van der Waals surface area contributed by atoms with Gasteiger partial charge in [-0.15, -0.1) is 0 Å². The first kappa shape index (κ1) is 56.4. The largest absolute Gasteiger partial charge is 0.309 e. The van der Waals surface area contributed by atoms with E-state index in [0.717, 1.165) is 133 Å². The molecule has 4 aromatic heterocycles. The predicted molar refractivity (Wildman–Crippen MR) is 387 cm³/mol. The second-order valence-electron chi connectivity index (χ2n) is 23.6. The summed E-state index contributed by atoms with van der Waals surface area (Å²) < 4.78 is 4.74. The number of benzene rings is 13. The number of hydrogen-bond donors (Lipinski definition) is 0. The average Bonchev–Trinajstić information content (AvgIpc) is 1.55. The van der Waals surface area contributed by atoms with E-state index in [1.807, 2.05) is 158 Å². The van der Waals surface area contributed by atoms with Crippen LogP contribution in [0.25, 0.3) is 173 Å². The zero-order valence-corrected chi connectivity index (χ0v) is 51.5.